The van der Waals surface area contributed by atoms with Crippen molar-refractivity contribution in [3.63, 3.8) is 0 Å². The van der Waals surface area contributed by atoms with Gasteiger partial charge in [-0.15, -0.1) is 0 Å². The molecule has 7 nitrogen and oxygen atoms in total. The molecule has 0 radical (unpaired) electrons. The molecule has 0 spiro atoms. The number of aromatic nitrogens is 1. The molecule has 2 aliphatic rings. The van der Waals surface area contributed by atoms with Crippen LogP contribution in [0.1, 0.15) is 66.8 Å². The molecule has 4 rings (SSSR count). The predicted octanol–water partition coefficient (Wildman–Crippen LogP) is 3.33. The molecule has 1 aliphatic carbocycles. The Kier molecular flexibility index (Phi) is 4.81. The number of rotatable bonds is 3. The monoisotopic (exact) mass is 405 g/mol. The van der Waals surface area contributed by atoms with E-state index in [1.165, 1.54) is 0 Å². The van der Waals surface area contributed by atoms with Gasteiger partial charge in [-0.05, 0) is 57.2 Å². The molecule has 0 unspecified atom stereocenters. The van der Waals surface area contributed by atoms with Gasteiger partial charge in [0.2, 0.25) is 0 Å². The number of amides is 3. The van der Waals surface area contributed by atoms with Crippen molar-refractivity contribution < 1.29 is 9.59 Å². The fraction of sp³-hybridized carbons (Fsp3) is 0.435. The van der Waals surface area contributed by atoms with Gasteiger partial charge in [0, 0.05) is 29.9 Å². The predicted molar refractivity (Wildman–Crippen MR) is 114 cm³/mol. The Hall–Kier alpha value is -3.27. The molecule has 2 aromatic rings. The molecule has 7 heteroatoms. The highest BCUT2D eigenvalue weighted by Gasteiger charge is 2.38. The Bertz CT molecular complexity index is 1050. The lowest BCUT2D eigenvalue weighted by Crippen LogP contribution is -2.50. The molecule has 1 aromatic heterocycles. The minimum absolute atomic E-state index is 0.140. The van der Waals surface area contributed by atoms with Gasteiger partial charge in [0.25, 0.3) is 5.91 Å². The Morgan fingerprint density at radius 1 is 1.17 bits per heavy atom. The first-order chi connectivity index (χ1) is 14.2. The van der Waals surface area contributed by atoms with Crippen LogP contribution in [0.3, 0.4) is 0 Å². The zero-order valence-corrected chi connectivity index (χ0v) is 17.7. The first-order valence-corrected chi connectivity index (χ1v) is 10.3. The molecule has 30 heavy (non-hydrogen) atoms. The molecule has 2 heterocycles. The van der Waals surface area contributed by atoms with Gasteiger partial charge in [-0.1, -0.05) is 12.1 Å². The second kappa shape index (κ2) is 7.21. The van der Waals surface area contributed by atoms with Crippen LogP contribution in [-0.2, 0) is 13.1 Å². The number of hydrogen-bond acceptors (Lipinski definition) is 3. The normalized spacial score (nSPS) is 16.0. The Balaban J connectivity index is 1.80. The van der Waals surface area contributed by atoms with E-state index in [9.17, 15) is 9.59 Å². The van der Waals surface area contributed by atoms with Crippen molar-refractivity contribution in [2.75, 3.05) is 6.54 Å². The van der Waals surface area contributed by atoms with Crippen LogP contribution in [0.2, 0.25) is 0 Å². The SMILES string of the molecule is CC(C)(C)NC(=O)N1CCn2c(c(C(N)=O)c(-c3ccc(C#N)cc3)c2C2CC2)C1. The topological polar surface area (TPSA) is 104 Å². The molecule has 1 saturated carbocycles. The number of carbonyl (C=O) groups excluding carboxylic acids is 2. The number of nitrogens with one attached hydrogen (secondary N) is 1. The lowest BCUT2D eigenvalue weighted by molar-refractivity contribution is 0.0997. The van der Waals surface area contributed by atoms with Crippen LogP contribution in [0, 0.1) is 11.3 Å². The minimum atomic E-state index is -0.483. The van der Waals surface area contributed by atoms with Crippen molar-refractivity contribution >= 4 is 11.9 Å². The second-order valence-electron chi connectivity index (χ2n) is 9.16. The van der Waals surface area contributed by atoms with Gasteiger partial charge in [0.05, 0.1) is 29.4 Å². The van der Waals surface area contributed by atoms with Gasteiger partial charge in [0.15, 0.2) is 0 Å². The van der Waals surface area contributed by atoms with Gasteiger partial charge >= 0.3 is 6.03 Å². The number of nitrogens with zero attached hydrogens (tertiary/aromatic N) is 3. The Morgan fingerprint density at radius 2 is 1.83 bits per heavy atom. The fourth-order valence-electron chi connectivity index (χ4n) is 4.21. The fourth-order valence-corrected chi connectivity index (χ4v) is 4.21. The second-order valence-corrected chi connectivity index (χ2v) is 9.16. The van der Waals surface area contributed by atoms with Crippen molar-refractivity contribution in [1.29, 1.82) is 5.26 Å². The van der Waals surface area contributed by atoms with Crippen molar-refractivity contribution in [3.8, 4) is 17.2 Å². The zero-order valence-electron chi connectivity index (χ0n) is 17.7. The van der Waals surface area contributed by atoms with E-state index in [0.29, 0.717) is 36.7 Å². The number of nitriles is 1. The molecule has 1 aliphatic heterocycles. The lowest BCUT2D eigenvalue weighted by atomic mass is 9.97. The largest absolute Gasteiger partial charge is 0.366 e. The number of primary amides is 1. The molecule has 0 saturated heterocycles. The summed E-state index contributed by atoms with van der Waals surface area (Å²) in [7, 11) is 0. The Labute approximate surface area is 176 Å². The standard InChI is InChI=1S/C23H27N5O2/c1-23(2,3)26-22(30)27-10-11-28-17(13-27)19(21(25)29)18(20(28)16-8-9-16)15-6-4-14(12-24)5-7-15/h4-7,16H,8-11,13H2,1-3H3,(H2,25,29)(H,26,30). The molecule has 1 aromatic carbocycles. The summed E-state index contributed by atoms with van der Waals surface area (Å²) in [4.78, 5) is 27.1. The van der Waals surface area contributed by atoms with Gasteiger partial charge < -0.3 is 20.5 Å². The summed E-state index contributed by atoms with van der Waals surface area (Å²) in [6.45, 7) is 7.39. The van der Waals surface area contributed by atoms with Crippen LogP contribution in [0.15, 0.2) is 24.3 Å². The smallest absolute Gasteiger partial charge is 0.318 e. The molecule has 156 valence electrons. The quantitative estimate of drug-likeness (QED) is 0.818. The molecule has 3 amide bonds. The van der Waals surface area contributed by atoms with E-state index in [2.05, 4.69) is 16.0 Å². The summed E-state index contributed by atoms with van der Waals surface area (Å²) in [6, 6.07) is 9.27. The van der Waals surface area contributed by atoms with Crippen molar-refractivity contribution in [2.45, 2.75) is 58.2 Å². The number of urea groups is 1. The third-order valence-electron chi connectivity index (χ3n) is 5.63. The molecule has 3 N–H and O–H groups in total. The van der Waals surface area contributed by atoms with E-state index in [1.807, 2.05) is 32.9 Å². The number of hydrogen-bond donors (Lipinski definition) is 2. The van der Waals surface area contributed by atoms with Crippen LogP contribution in [-0.4, -0.2) is 33.5 Å². The number of carbonyl (C=O) groups is 2. The molecular formula is C23H27N5O2. The van der Waals surface area contributed by atoms with Gasteiger partial charge in [-0.3, -0.25) is 4.79 Å². The van der Waals surface area contributed by atoms with Crippen molar-refractivity contribution in [2.24, 2.45) is 5.73 Å². The molecular weight excluding hydrogens is 378 g/mol. The van der Waals surface area contributed by atoms with E-state index < -0.39 is 5.91 Å². The van der Waals surface area contributed by atoms with E-state index >= 15 is 0 Å². The maximum Gasteiger partial charge on any atom is 0.318 e. The van der Waals surface area contributed by atoms with E-state index in [-0.39, 0.29) is 11.6 Å². The van der Waals surface area contributed by atoms with Crippen LogP contribution in [0.25, 0.3) is 11.1 Å². The maximum atomic E-state index is 12.7. The summed E-state index contributed by atoms with van der Waals surface area (Å²) in [6.07, 6.45) is 2.16. The highest BCUT2D eigenvalue weighted by molar-refractivity contribution is 6.02. The van der Waals surface area contributed by atoms with Crippen LogP contribution < -0.4 is 11.1 Å². The summed E-state index contributed by atoms with van der Waals surface area (Å²) in [5.74, 6) is -0.0828. The number of fused-ring (bicyclic) bond motifs is 1. The average molecular weight is 406 g/mol. The molecule has 0 bridgehead atoms. The average Bonchev–Trinajstić information content (AvgIpc) is 3.46. The van der Waals surface area contributed by atoms with E-state index in [1.54, 1.807) is 17.0 Å². The summed E-state index contributed by atoms with van der Waals surface area (Å²) >= 11 is 0. The minimum Gasteiger partial charge on any atom is -0.366 e. The van der Waals surface area contributed by atoms with Crippen LogP contribution >= 0.6 is 0 Å². The summed E-state index contributed by atoms with van der Waals surface area (Å²) in [5, 5.41) is 12.1. The van der Waals surface area contributed by atoms with Gasteiger partial charge in [0.1, 0.15) is 0 Å². The van der Waals surface area contributed by atoms with Gasteiger partial charge in [-0.2, -0.15) is 5.26 Å². The summed E-state index contributed by atoms with van der Waals surface area (Å²) < 4.78 is 2.20. The highest BCUT2D eigenvalue weighted by atomic mass is 16.2. The molecule has 1 fully saturated rings. The third kappa shape index (κ3) is 3.65. The maximum absolute atomic E-state index is 12.7. The van der Waals surface area contributed by atoms with Crippen LogP contribution in [0.4, 0.5) is 4.79 Å². The van der Waals surface area contributed by atoms with E-state index in [0.717, 1.165) is 35.4 Å². The van der Waals surface area contributed by atoms with Crippen LogP contribution in [0.5, 0.6) is 0 Å². The number of nitrogens with two attached hydrogens (primary N) is 1. The number of benzene rings is 1. The first-order valence-electron chi connectivity index (χ1n) is 10.3. The lowest BCUT2D eigenvalue weighted by Gasteiger charge is -2.33. The van der Waals surface area contributed by atoms with Gasteiger partial charge in [-0.25, -0.2) is 4.79 Å². The third-order valence-corrected chi connectivity index (χ3v) is 5.63. The van der Waals surface area contributed by atoms with E-state index in [4.69, 9.17) is 11.0 Å². The highest BCUT2D eigenvalue weighted by Crippen LogP contribution is 2.48. The van der Waals surface area contributed by atoms with Crippen molar-refractivity contribution in [3.05, 3.63) is 46.8 Å². The summed E-state index contributed by atoms with van der Waals surface area (Å²) in [5.41, 5.74) is 10.3. The van der Waals surface area contributed by atoms with Crippen molar-refractivity contribution in [1.82, 2.24) is 14.8 Å². The first kappa shape index (κ1) is 20.0. The molecule has 0 atom stereocenters. The zero-order chi connectivity index (χ0) is 21.6. The Morgan fingerprint density at radius 3 is 2.37 bits per heavy atom.